The molecule has 0 aliphatic carbocycles. The zero-order chi connectivity index (χ0) is 11.4. The van der Waals surface area contributed by atoms with Crippen molar-refractivity contribution in [2.45, 2.75) is 25.8 Å². The van der Waals surface area contributed by atoms with Gasteiger partial charge < -0.3 is 15.4 Å². The summed E-state index contributed by atoms with van der Waals surface area (Å²) in [7, 11) is 0. The number of ether oxygens (including phenoxy) is 1. The molecule has 0 radical (unpaired) electrons. The van der Waals surface area contributed by atoms with Crippen molar-refractivity contribution in [3.05, 3.63) is 24.3 Å². The van der Waals surface area contributed by atoms with Crippen LogP contribution in [0, 0.1) is 0 Å². The summed E-state index contributed by atoms with van der Waals surface area (Å²) in [4.78, 5) is 2.43. The second kappa shape index (κ2) is 5.21. The Morgan fingerprint density at radius 3 is 2.81 bits per heavy atom. The van der Waals surface area contributed by atoms with E-state index in [9.17, 15) is 0 Å². The third-order valence-corrected chi connectivity index (χ3v) is 3.12. The van der Waals surface area contributed by atoms with Gasteiger partial charge in [-0.1, -0.05) is 0 Å². The molecule has 1 atom stereocenters. The molecule has 1 aromatic rings. The van der Waals surface area contributed by atoms with E-state index in [0.717, 1.165) is 25.4 Å². The van der Waals surface area contributed by atoms with Crippen molar-refractivity contribution >= 4 is 11.4 Å². The Hall–Kier alpha value is -1.22. The first-order valence-corrected chi connectivity index (χ1v) is 6.01. The maximum absolute atomic E-state index is 5.70. The van der Waals surface area contributed by atoms with Crippen LogP contribution in [0.4, 0.5) is 11.4 Å². The Labute approximate surface area is 97.2 Å². The zero-order valence-electron chi connectivity index (χ0n) is 9.86. The van der Waals surface area contributed by atoms with Crippen LogP contribution in [0.3, 0.4) is 0 Å². The number of hydrogen-bond donors (Lipinski definition) is 1. The number of anilines is 2. The van der Waals surface area contributed by atoms with E-state index >= 15 is 0 Å². The monoisotopic (exact) mass is 220 g/mol. The maximum Gasteiger partial charge on any atom is 0.0669 e. The number of nitrogens with zero attached hydrogens (tertiary/aromatic N) is 1. The van der Waals surface area contributed by atoms with Crippen molar-refractivity contribution in [1.82, 2.24) is 0 Å². The summed E-state index contributed by atoms with van der Waals surface area (Å²) in [6.07, 6.45) is 2.48. The highest BCUT2D eigenvalue weighted by atomic mass is 16.5. The van der Waals surface area contributed by atoms with Gasteiger partial charge in [0, 0.05) is 24.5 Å². The van der Waals surface area contributed by atoms with Crippen molar-refractivity contribution in [3.8, 4) is 0 Å². The van der Waals surface area contributed by atoms with Crippen LogP contribution < -0.4 is 10.6 Å². The van der Waals surface area contributed by atoms with Crippen LogP contribution in [0.2, 0.25) is 0 Å². The van der Waals surface area contributed by atoms with Crippen LogP contribution >= 0.6 is 0 Å². The average Bonchev–Trinajstić information content (AvgIpc) is 2.75. The van der Waals surface area contributed by atoms with Gasteiger partial charge >= 0.3 is 0 Å². The van der Waals surface area contributed by atoms with Crippen molar-refractivity contribution in [3.63, 3.8) is 0 Å². The van der Waals surface area contributed by atoms with Gasteiger partial charge in [0.15, 0.2) is 0 Å². The molecule has 1 aliphatic heterocycles. The standard InChI is InChI=1S/C13H20N2O/c1-2-16-10-13-4-3-9-15(13)12-7-5-11(14)6-8-12/h5-8,13H,2-4,9-10,14H2,1H3/t13-/m0/s1. The number of nitrogens with two attached hydrogens (primary N) is 1. The van der Waals surface area contributed by atoms with Gasteiger partial charge in [-0.25, -0.2) is 0 Å². The lowest BCUT2D eigenvalue weighted by Crippen LogP contribution is -2.33. The highest BCUT2D eigenvalue weighted by molar-refractivity contribution is 5.54. The molecule has 1 fully saturated rings. The molecule has 16 heavy (non-hydrogen) atoms. The molecule has 1 aliphatic rings. The molecule has 1 saturated heterocycles. The predicted molar refractivity (Wildman–Crippen MR) is 67.7 cm³/mol. The minimum atomic E-state index is 0.531. The second-order valence-corrected chi connectivity index (χ2v) is 4.24. The fourth-order valence-electron chi connectivity index (χ4n) is 2.27. The molecule has 2 N–H and O–H groups in total. The molecule has 0 saturated carbocycles. The van der Waals surface area contributed by atoms with E-state index in [0.29, 0.717) is 6.04 Å². The summed E-state index contributed by atoms with van der Waals surface area (Å²) in [5.74, 6) is 0. The summed E-state index contributed by atoms with van der Waals surface area (Å²) in [6, 6.07) is 8.65. The number of nitrogen functional groups attached to an aromatic ring is 1. The van der Waals surface area contributed by atoms with E-state index in [-0.39, 0.29) is 0 Å². The highest BCUT2D eigenvalue weighted by Gasteiger charge is 2.24. The van der Waals surface area contributed by atoms with E-state index in [2.05, 4.69) is 17.0 Å². The molecule has 0 aromatic heterocycles. The summed E-state index contributed by atoms with van der Waals surface area (Å²) >= 11 is 0. The van der Waals surface area contributed by atoms with Crippen molar-refractivity contribution in [2.75, 3.05) is 30.4 Å². The van der Waals surface area contributed by atoms with Crippen molar-refractivity contribution < 1.29 is 4.74 Å². The smallest absolute Gasteiger partial charge is 0.0669 e. The van der Waals surface area contributed by atoms with E-state index in [1.54, 1.807) is 0 Å². The molecule has 0 spiro atoms. The molecule has 0 amide bonds. The Kier molecular flexibility index (Phi) is 3.67. The first-order chi connectivity index (χ1) is 7.81. The quantitative estimate of drug-likeness (QED) is 0.791. The third kappa shape index (κ3) is 2.47. The van der Waals surface area contributed by atoms with Gasteiger partial charge in [0.25, 0.3) is 0 Å². The van der Waals surface area contributed by atoms with Gasteiger partial charge in [-0.3, -0.25) is 0 Å². The third-order valence-electron chi connectivity index (χ3n) is 3.12. The molecule has 3 nitrogen and oxygen atoms in total. The van der Waals surface area contributed by atoms with Gasteiger partial charge in [0.05, 0.1) is 12.6 Å². The fourth-order valence-corrected chi connectivity index (χ4v) is 2.27. The highest BCUT2D eigenvalue weighted by Crippen LogP contribution is 2.26. The van der Waals surface area contributed by atoms with Crippen LogP contribution in [0.15, 0.2) is 24.3 Å². The van der Waals surface area contributed by atoms with Gasteiger partial charge in [-0.2, -0.15) is 0 Å². The summed E-state index contributed by atoms with van der Waals surface area (Å²) < 4.78 is 5.53. The summed E-state index contributed by atoms with van der Waals surface area (Å²) in [6.45, 7) is 4.80. The fraction of sp³-hybridized carbons (Fsp3) is 0.538. The van der Waals surface area contributed by atoms with E-state index < -0.39 is 0 Å². The van der Waals surface area contributed by atoms with Gasteiger partial charge in [0.2, 0.25) is 0 Å². The molecule has 1 heterocycles. The SMILES string of the molecule is CCOC[C@@H]1CCCN1c1ccc(N)cc1. The largest absolute Gasteiger partial charge is 0.399 e. The Morgan fingerprint density at radius 2 is 2.12 bits per heavy atom. The number of rotatable bonds is 4. The molecule has 88 valence electrons. The molecular formula is C13H20N2O. The lowest BCUT2D eigenvalue weighted by atomic mass is 10.2. The van der Waals surface area contributed by atoms with E-state index in [1.165, 1.54) is 18.5 Å². The Bertz CT molecular complexity index is 323. The average molecular weight is 220 g/mol. The van der Waals surface area contributed by atoms with Gasteiger partial charge in [-0.15, -0.1) is 0 Å². The van der Waals surface area contributed by atoms with Crippen LogP contribution in [-0.2, 0) is 4.74 Å². The van der Waals surface area contributed by atoms with E-state index in [4.69, 9.17) is 10.5 Å². The molecule has 0 bridgehead atoms. The zero-order valence-corrected chi connectivity index (χ0v) is 9.86. The second-order valence-electron chi connectivity index (χ2n) is 4.24. The minimum Gasteiger partial charge on any atom is -0.399 e. The van der Waals surface area contributed by atoms with Crippen LogP contribution in [-0.4, -0.2) is 25.8 Å². The van der Waals surface area contributed by atoms with Gasteiger partial charge in [0.1, 0.15) is 0 Å². The Morgan fingerprint density at radius 1 is 1.38 bits per heavy atom. The summed E-state index contributed by atoms with van der Waals surface area (Å²) in [5.41, 5.74) is 7.78. The van der Waals surface area contributed by atoms with Gasteiger partial charge in [-0.05, 0) is 44.0 Å². The summed E-state index contributed by atoms with van der Waals surface area (Å²) in [5, 5.41) is 0. The topological polar surface area (TPSA) is 38.5 Å². The Balaban J connectivity index is 2.04. The van der Waals surface area contributed by atoms with E-state index in [1.807, 2.05) is 19.1 Å². The van der Waals surface area contributed by atoms with Crippen molar-refractivity contribution in [2.24, 2.45) is 0 Å². The van der Waals surface area contributed by atoms with Crippen LogP contribution in [0.5, 0.6) is 0 Å². The maximum atomic E-state index is 5.70. The molecule has 3 heteroatoms. The first-order valence-electron chi connectivity index (χ1n) is 6.01. The number of hydrogen-bond acceptors (Lipinski definition) is 3. The lowest BCUT2D eigenvalue weighted by Gasteiger charge is -2.26. The molecule has 1 aromatic carbocycles. The molecular weight excluding hydrogens is 200 g/mol. The predicted octanol–water partition coefficient (Wildman–Crippen LogP) is 2.27. The molecule has 0 unspecified atom stereocenters. The molecule has 2 rings (SSSR count). The minimum absolute atomic E-state index is 0.531. The normalized spacial score (nSPS) is 20.3. The lowest BCUT2D eigenvalue weighted by molar-refractivity contribution is 0.134. The van der Waals surface area contributed by atoms with Crippen molar-refractivity contribution in [1.29, 1.82) is 0 Å². The first kappa shape index (κ1) is 11.3. The van der Waals surface area contributed by atoms with Crippen LogP contribution in [0.1, 0.15) is 19.8 Å². The van der Waals surface area contributed by atoms with Crippen LogP contribution in [0.25, 0.3) is 0 Å². The number of benzene rings is 1.